The number of nitrogens with zero attached hydrogens (tertiary/aromatic N) is 3. The molecule has 0 saturated heterocycles. The van der Waals surface area contributed by atoms with Gasteiger partial charge in [0.25, 0.3) is 5.91 Å². The molecule has 0 atom stereocenters. The normalized spacial score (nSPS) is 16.2. The number of hydrogen-bond donors (Lipinski definition) is 1. The Kier molecular flexibility index (Phi) is 8.24. The van der Waals surface area contributed by atoms with Crippen LogP contribution in [0.5, 0.6) is 17.2 Å². The van der Waals surface area contributed by atoms with Crippen LogP contribution in [0.2, 0.25) is 5.02 Å². The van der Waals surface area contributed by atoms with Crippen molar-refractivity contribution in [3.05, 3.63) is 57.6 Å². The number of hydrazone groups is 1. The topological polar surface area (TPSA) is 96.6 Å². The summed E-state index contributed by atoms with van der Waals surface area (Å²) in [7, 11) is 1.51. The largest absolute Gasteiger partial charge is 0.493 e. The maximum absolute atomic E-state index is 12.6. The molecule has 0 saturated carbocycles. The highest BCUT2D eigenvalue weighted by Gasteiger charge is 2.35. The number of carbonyl (C=O) groups is 1. The zero-order valence-electron chi connectivity index (χ0n) is 21.4. The van der Waals surface area contributed by atoms with Crippen molar-refractivity contribution in [3.63, 3.8) is 0 Å². The Morgan fingerprint density at radius 1 is 1.16 bits per heavy atom. The van der Waals surface area contributed by atoms with Crippen LogP contribution in [0.15, 0.2) is 46.0 Å². The fraction of sp³-hybridized carbons (Fsp3) is 0.333. The van der Waals surface area contributed by atoms with Gasteiger partial charge in [0, 0.05) is 0 Å². The smallest absolute Gasteiger partial charge is 0.283 e. The van der Waals surface area contributed by atoms with Crippen molar-refractivity contribution in [1.29, 1.82) is 5.41 Å². The van der Waals surface area contributed by atoms with Crippen LogP contribution < -0.4 is 14.2 Å². The van der Waals surface area contributed by atoms with Crippen LogP contribution in [-0.4, -0.2) is 47.3 Å². The van der Waals surface area contributed by atoms with Gasteiger partial charge in [-0.05, 0) is 72.0 Å². The summed E-state index contributed by atoms with van der Waals surface area (Å²) in [4.78, 5) is 16.7. The molecule has 37 heavy (non-hydrogen) atoms. The lowest BCUT2D eigenvalue weighted by atomic mass is 10.0. The van der Waals surface area contributed by atoms with Gasteiger partial charge >= 0.3 is 0 Å². The Labute approximate surface area is 225 Å². The highest BCUT2D eigenvalue weighted by Crippen LogP contribution is 2.38. The molecule has 1 N–H and O–H groups in total. The van der Waals surface area contributed by atoms with E-state index < -0.39 is 5.91 Å². The molecule has 10 heteroatoms. The number of aryl methyl sites for hydroxylation is 1. The summed E-state index contributed by atoms with van der Waals surface area (Å²) in [5.41, 5.74) is 2.96. The van der Waals surface area contributed by atoms with Gasteiger partial charge in [-0.25, -0.2) is 0 Å². The lowest BCUT2D eigenvalue weighted by Crippen LogP contribution is -2.35. The van der Waals surface area contributed by atoms with Gasteiger partial charge in [0.1, 0.15) is 24.0 Å². The summed E-state index contributed by atoms with van der Waals surface area (Å²) >= 11 is 7.84. The molecular weight excluding hydrogens is 512 g/mol. The summed E-state index contributed by atoms with van der Waals surface area (Å²) in [5.74, 6) is 1.43. The number of halogens is 1. The number of hydrogen-bond acceptors (Lipinski definition) is 7. The maximum atomic E-state index is 12.6. The average molecular weight is 541 g/mol. The van der Waals surface area contributed by atoms with Crippen molar-refractivity contribution in [3.8, 4) is 17.2 Å². The van der Waals surface area contributed by atoms with Crippen molar-refractivity contribution in [2.24, 2.45) is 10.1 Å². The fourth-order valence-electron chi connectivity index (χ4n) is 3.84. The van der Waals surface area contributed by atoms with Crippen LogP contribution in [-0.2, 0) is 4.79 Å². The third kappa shape index (κ3) is 5.83. The molecule has 2 heterocycles. The molecule has 0 aliphatic carbocycles. The Morgan fingerprint density at radius 2 is 1.92 bits per heavy atom. The minimum Gasteiger partial charge on any atom is -0.493 e. The summed E-state index contributed by atoms with van der Waals surface area (Å²) in [6.07, 6.45) is 2.26. The lowest BCUT2D eigenvalue weighted by Gasteiger charge is -2.20. The zero-order chi connectivity index (χ0) is 26.7. The number of carbonyl (C=O) groups excluding carboxylic acids is 1. The Morgan fingerprint density at radius 3 is 2.62 bits per heavy atom. The molecule has 0 bridgehead atoms. The van der Waals surface area contributed by atoms with E-state index in [2.05, 4.69) is 36.1 Å². The van der Waals surface area contributed by atoms with Gasteiger partial charge in [-0.15, -0.1) is 0 Å². The Hall–Kier alpha value is -3.30. The first kappa shape index (κ1) is 26.8. The molecule has 194 valence electrons. The van der Waals surface area contributed by atoms with Gasteiger partial charge in [-0.2, -0.15) is 15.1 Å². The number of fused-ring (bicyclic) bond motifs is 1. The molecule has 0 radical (unpaired) electrons. The van der Waals surface area contributed by atoms with E-state index in [0.717, 1.165) is 21.9 Å². The fourth-order valence-corrected chi connectivity index (χ4v) is 4.94. The SMILES string of the molecule is CCC1=NN2C(=N)/C(=C/c3cc(Cl)c(OCCOc4cc(C)ccc4C(C)C)c(OC)c3)C(=O)N=C2S1. The summed E-state index contributed by atoms with van der Waals surface area (Å²) < 4.78 is 17.4. The van der Waals surface area contributed by atoms with Crippen molar-refractivity contribution in [2.75, 3.05) is 20.3 Å². The Balaban J connectivity index is 1.49. The van der Waals surface area contributed by atoms with Crippen LogP contribution in [0.3, 0.4) is 0 Å². The third-order valence-corrected chi connectivity index (χ3v) is 7.07. The standard InChI is InChI=1S/C27H29ClN4O4S/c1-6-23-31-32-25(29)19(26(33)30-27(32)37-23)12-17-13-20(28)24(22(14-17)34-5)36-10-9-35-21-11-16(4)7-8-18(21)15(2)3/h7-8,11-15,29H,6,9-10H2,1-5H3/b19-12-,29-25?. The number of nitrogens with one attached hydrogen (secondary N) is 1. The highest BCUT2D eigenvalue weighted by atomic mass is 35.5. The first-order valence-corrected chi connectivity index (χ1v) is 13.1. The Bertz CT molecular complexity index is 1340. The molecule has 2 aliphatic heterocycles. The van der Waals surface area contributed by atoms with E-state index in [0.29, 0.717) is 46.2 Å². The summed E-state index contributed by atoms with van der Waals surface area (Å²) in [6, 6.07) is 9.55. The highest BCUT2D eigenvalue weighted by molar-refractivity contribution is 8.26. The number of ether oxygens (including phenoxy) is 3. The van der Waals surface area contributed by atoms with Crippen molar-refractivity contribution in [1.82, 2.24) is 5.01 Å². The monoisotopic (exact) mass is 540 g/mol. The predicted octanol–water partition coefficient (Wildman–Crippen LogP) is 6.27. The number of amidine groups is 2. The molecule has 2 aromatic carbocycles. The number of thioether (sulfide) groups is 1. The van der Waals surface area contributed by atoms with Crippen molar-refractivity contribution >= 4 is 51.4 Å². The molecule has 0 spiro atoms. The molecular formula is C27H29ClN4O4S. The predicted molar refractivity (Wildman–Crippen MR) is 150 cm³/mol. The van der Waals surface area contributed by atoms with Gasteiger partial charge in [0.05, 0.1) is 17.7 Å². The molecule has 2 aromatic rings. The van der Waals surface area contributed by atoms with Crippen molar-refractivity contribution < 1.29 is 19.0 Å². The molecule has 8 nitrogen and oxygen atoms in total. The summed E-state index contributed by atoms with van der Waals surface area (Å²) in [5, 5.41) is 15.7. The van der Waals surface area contributed by atoms with Gasteiger partial charge in [-0.1, -0.05) is 44.5 Å². The van der Waals surface area contributed by atoms with E-state index in [4.69, 9.17) is 31.2 Å². The van der Waals surface area contributed by atoms with E-state index in [-0.39, 0.29) is 18.0 Å². The number of rotatable bonds is 9. The summed E-state index contributed by atoms with van der Waals surface area (Å²) in [6.45, 7) is 8.83. The average Bonchev–Trinajstić information content (AvgIpc) is 3.28. The molecule has 1 amide bonds. The van der Waals surface area contributed by atoms with Crippen LogP contribution in [0.25, 0.3) is 6.08 Å². The quantitative estimate of drug-likeness (QED) is 0.297. The zero-order valence-corrected chi connectivity index (χ0v) is 23.0. The van der Waals surface area contributed by atoms with Crippen LogP contribution in [0.1, 0.15) is 49.8 Å². The van der Waals surface area contributed by atoms with E-state index in [9.17, 15) is 4.79 Å². The molecule has 0 aromatic heterocycles. The number of methoxy groups -OCH3 is 1. The van der Waals surface area contributed by atoms with Crippen LogP contribution >= 0.6 is 23.4 Å². The van der Waals surface area contributed by atoms with E-state index in [1.165, 1.54) is 23.9 Å². The first-order chi connectivity index (χ1) is 17.7. The molecule has 2 aliphatic rings. The second kappa shape index (κ2) is 11.4. The van der Waals surface area contributed by atoms with E-state index >= 15 is 0 Å². The first-order valence-electron chi connectivity index (χ1n) is 11.9. The molecule has 0 unspecified atom stereocenters. The number of benzene rings is 2. The number of aliphatic imine (C=N–C) groups is 1. The van der Waals surface area contributed by atoms with Crippen LogP contribution in [0, 0.1) is 12.3 Å². The minimum absolute atomic E-state index is 0.0320. The molecule has 0 fully saturated rings. The van der Waals surface area contributed by atoms with Gasteiger partial charge < -0.3 is 14.2 Å². The second-order valence-corrected chi connectivity index (χ2v) is 10.2. The van der Waals surface area contributed by atoms with Gasteiger partial charge in [-0.3, -0.25) is 10.2 Å². The third-order valence-electron chi connectivity index (χ3n) is 5.74. The second-order valence-electron chi connectivity index (χ2n) is 8.79. The maximum Gasteiger partial charge on any atom is 0.283 e. The van der Waals surface area contributed by atoms with Gasteiger partial charge in [0.2, 0.25) is 5.17 Å². The lowest BCUT2D eigenvalue weighted by molar-refractivity contribution is -0.114. The van der Waals surface area contributed by atoms with Crippen molar-refractivity contribution in [2.45, 2.75) is 40.0 Å². The number of amides is 1. The molecule has 4 rings (SSSR count). The minimum atomic E-state index is -0.499. The van der Waals surface area contributed by atoms with E-state index in [1.807, 2.05) is 19.9 Å². The van der Waals surface area contributed by atoms with Gasteiger partial charge in [0.15, 0.2) is 17.3 Å². The van der Waals surface area contributed by atoms with E-state index in [1.54, 1.807) is 18.2 Å². The van der Waals surface area contributed by atoms with Crippen LogP contribution in [0.4, 0.5) is 0 Å².